The van der Waals surface area contributed by atoms with E-state index in [4.69, 9.17) is 10.8 Å². The van der Waals surface area contributed by atoms with Crippen molar-refractivity contribution in [2.24, 2.45) is 5.92 Å². The Morgan fingerprint density at radius 1 is 1.32 bits per heavy atom. The van der Waals surface area contributed by atoms with Gasteiger partial charge >= 0.3 is 0 Å². The van der Waals surface area contributed by atoms with Gasteiger partial charge in [0.2, 0.25) is 0 Å². The molecule has 0 aliphatic carbocycles. The van der Waals surface area contributed by atoms with Gasteiger partial charge in [-0.25, -0.2) is 0 Å². The molecule has 1 heterocycles. The molecule has 1 aromatic heterocycles. The molecule has 2 rings (SSSR count). The summed E-state index contributed by atoms with van der Waals surface area (Å²) in [5.41, 5.74) is 7.78. The summed E-state index contributed by atoms with van der Waals surface area (Å²) in [6.07, 6.45) is 5.64. The Bertz CT molecular complexity index is 542. The van der Waals surface area contributed by atoms with Gasteiger partial charge in [0.25, 0.3) is 0 Å². The second-order valence-corrected chi connectivity index (χ2v) is 4.98. The molecule has 1 unspecified atom stereocenters. The smallest absolute Gasteiger partial charge is 0.0456 e. The summed E-state index contributed by atoms with van der Waals surface area (Å²) in [4.78, 5) is 4.11. The Hall–Kier alpha value is -1.81. The van der Waals surface area contributed by atoms with E-state index in [9.17, 15) is 0 Å². The number of aliphatic hydroxyl groups excluding tert-OH is 1. The fraction of sp³-hybridized carbons (Fsp3) is 0.400. The van der Waals surface area contributed by atoms with Crippen LogP contribution in [0.4, 0.5) is 11.4 Å². The lowest BCUT2D eigenvalue weighted by Gasteiger charge is -2.12. The van der Waals surface area contributed by atoms with Crippen LogP contribution in [0.1, 0.15) is 19.8 Å². The number of aliphatic hydroxyl groups is 1. The van der Waals surface area contributed by atoms with E-state index < -0.39 is 0 Å². The van der Waals surface area contributed by atoms with Crippen molar-refractivity contribution >= 4 is 22.1 Å². The molecular formula is C15H21N3O. The first-order valence-electron chi connectivity index (χ1n) is 6.69. The Labute approximate surface area is 113 Å². The fourth-order valence-electron chi connectivity index (χ4n) is 2.13. The third-order valence-corrected chi connectivity index (χ3v) is 3.35. The lowest BCUT2D eigenvalue weighted by Crippen LogP contribution is -2.07. The van der Waals surface area contributed by atoms with Crippen molar-refractivity contribution in [3.8, 4) is 0 Å². The minimum absolute atomic E-state index is 0.260. The number of pyridine rings is 1. The molecule has 1 aromatic carbocycles. The summed E-state index contributed by atoms with van der Waals surface area (Å²) in [5.74, 6) is 0.370. The maximum Gasteiger partial charge on any atom is 0.0456 e. The first-order valence-corrected chi connectivity index (χ1v) is 6.69. The summed E-state index contributed by atoms with van der Waals surface area (Å²) >= 11 is 0. The third-order valence-electron chi connectivity index (χ3n) is 3.35. The highest BCUT2D eigenvalue weighted by atomic mass is 16.3. The lowest BCUT2D eigenvalue weighted by atomic mass is 10.1. The van der Waals surface area contributed by atoms with Crippen molar-refractivity contribution in [1.82, 2.24) is 4.98 Å². The second-order valence-electron chi connectivity index (χ2n) is 4.98. The highest BCUT2D eigenvalue weighted by Crippen LogP contribution is 2.27. The van der Waals surface area contributed by atoms with E-state index in [2.05, 4.69) is 17.2 Å². The van der Waals surface area contributed by atoms with Crippen molar-refractivity contribution in [2.45, 2.75) is 19.8 Å². The van der Waals surface area contributed by atoms with Gasteiger partial charge in [0.15, 0.2) is 0 Å². The van der Waals surface area contributed by atoms with E-state index >= 15 is 0 Å². The molecule has 0 saturated carbocycles. The summed E-state index contributed by atoms with van der Waals surface area (Å²) in [5, 5.41) is 14.5. The molecule has 0 fully saturated rings. The van der Waals surface area contributed by atoms with Gasteiger partial charge in [-0.15, -0.1) is 0 Å². The van der Waals surface area contributed by atoms with E-state index in [1.54, 1.807) is 12.4 Å². The van der Waals surface area contributed by atoms with Gasteiger partial charge in [-0.05, 0) is 37.0 Å². The van der Waals surface area contributed by atoms with Crippen LogP contribution in [-0.2, 0) is 0 Å². The van der Waals surface area contributed by atoms with Crippen molar-refractivity contribution < 1.29 is 5.11 Å². The Balaban J connectivity index is 2.03. The predicted octanol–water partition coefficient (Wildman–Crippen LogP) is 2.64. The van der Waals surface area contributed by atoms with Crippen LogP contribution < -0.4 is 11.1 Å². The maximum absolute atomic E-state index is 8.98. The monoisotopic (exact) mass is 259 g/mol. The summed E-state index contributed by atoms with van der Waals surface area (Å²) in [7, 11) is 0. The van der Waals surface area contributed by atoms with Gasteiger partial charge in [-0.3, -0.25) is 4.98 Å². The molecule has 1 atom stereocenters. The number of nitrogen functional groups attached to an aromatic ring is 1. The summed E-state index contributed by atoms with van der Waals surface area (Å²) in [6.45, 7) is 3.21. The highest BCUT2D eigenvalue weighted by molar-refractivity contribution is 6.00. The van der Waals surface area contributed by atoms with E-state index in [1.165, 1.54) is 0 Å². The number of nitrogens with zero attached hydrogens (tertiary/aromatic N) is 1. The lowest BCUT2D eigenvalue weighted by molar-refractivity contribution is 0.229. The molecule has 4 N–H and O–H groups in total. The molecule has 4 heteroatoms. The van der Waals surface area contributed by atoms with Crippen LogP contribution in [0.2, 0.25) is 0 Å². The predicted molar refractivity (Wildman–Crippen MR) is 80.1 cm³/mol. The minimum atomic E-state index is 0.260. The number of aromatic nitrogens is 1. The number of benzene rings is 1. The van der Waals surface area contributed by atoms with E-state index in [0.717, 1.165) is 41.5 Å². The topological polar surface area (TPSA) is 71.2 Å². The molecule has 0 aliphatic rings. The zero-order valence-electron chi connectivity index (χ0n) is 11.3. The minimum Gasteiger partial charge on any atom is -0.398 e. The molecule has 0 saturated heterocycles. The van der Waals surface area contributed by atoms with E-state index in [0.29, 0.717) is 5.92 Å². The van der Waals surface area contributed by atoms with Gasteiger partial charge in [0, 0.05) is 47.7 Å². The maximum atomic E-state index is 8.98. The van der Waals surface area contributed by atoms with Crippen molar-refractivity contribution in [1.29, 1.82) is 0 Å². The molecular weight excluding hydrogens is 238 g/mol. The Morgan fingerprint density at radius 2 is 2.16 bits per heavy atom. The van der Waals surface area contributed by atoms with Crippen LogP contribution in [-0.4, -0.2) is 23.2 Å². The van der Waals surface area contributed by atoms with E-state index in [-0.39, 0.29) is 6.61 Å². The third kappa shape index (κ3) is 3.35. The van der Waals surface area contributed by atoms with Gasteiger partial charge in [0.1, 0.15) is 0 Å². The molecule has 2 aromatic rings. The van der Waals surface area contributed by atoms with Crippen LogP contribution in [0.5, 0.6) is 0 Å². The number of hydrogen-bond acceptors (Lipinski definition) is 4. The number of fused-ring (bicyclic) bond motifs is 1. The molecule has 102 valence electrons. The van der Waals surface area contributed by atoms with Gasteiger partial charge in [-0.2, -0.15) is 0 Å². The molecule has 0 radical (unpaired) electrons. The van der Waals surface area contributed by atoms with Crippen LogP contribution >= 0.6 is 0 Å². The zero-order valence-corrected chi connectivity index (χ0v) is 11.3. The molecule has 0 bridgehead atoms. The van der Waals surface area contributed by atoms with Crippen molar-refractivity contribution in [3.63, 3.8) is 0 Å². The number of hydrogen-bond donors (Lipinski definition) is 3. The van der Waals surface area contributed by atoms with Gasteiger partial charge in [-0.1, -0.05) is 6.92 Å². The average Bonchev–Trinajstić information content (AvgIpc) is 2.45. The molecule has 4 nitrogen and oxygen atoms in total. The zero-order chi connectivity index (χ0) is 13.7. The standard InChI is InChI=1S/C15H21N3O/c1-11(10-19)3-2-7-18-15-5-4-14(16)13-9-17-8-6-12(13)15/h4-6,8-9,11,18-19H,2-3,7,10,16H2,1H3. The highest BCUT2D eigenvalue weighted by Gasteiger charge is 2.04. The number of nitrogens with one attached hydrogen (secondary N) is 1. The van der Waals surface area contributed by atoms with E-state index in [1.807, 2.05) is 18.2 Å². The molecule has 0 spiro atoms. The second kappa shape index (κ2) is 6.38. The molecule has 19 heavy (non-hydrogen) atoms. The van der Waals surface area contributed by atoms with Crippen molar-refractivity contribution in [3.05, 3.63) is 30.6 Å². The first-order chi connectivity index (χ1) is 9.22. The number of nitrogens with two attached hydrogens (primary N) is 1. The summed E-state index contributed by atoms with van der Waals surface area (Å²) in [6, 6.07) is 5.89. The van der Waals surface area contributed by atoms with Gasteiger partial charge < -0.3 is 16.2 Å². The normalized spacial score (nSPS) is 12.5. The SMILES string of the molecule is CC(CO)CCCNc1ccc(N)c2cnccc12. The van der Waals surface area contributed by atoms with Gasteiger partial charge in [0.05, 0.1) is 0 Å². The number of anilines is 2. The summed E-state index contributed by atoms with van der Waals surface area (Å²) < 4.78 is 0. The van der Waals surface area contributed by atoms with Crippen LogP contribution in [0, 0.1) is 5.92 Å². The molecule has 0 amide bonds. The Morgan fingerprint density at radius 3 is 2.95 bits per heavy atom. The van der Waals surface area contributed by atoms with Crippen LogP contribution in [0.15, 0.2) is 30.6 Å². The van der Waals surface area contributed by atoms with Crippen LogP contribution in [0.25, 0.3) is 10.8 Å². The largest absolute Gasteiger partial charge is 0.398 e. The average molecular weight is 259 g/mol. The quantitative estimate of drug-likeness (QED) is 0.551. The fourth-order valence-corrected chi connectivity index (χ4v) is 2.13. The Kier molecular flexibility index (Phi) is 4.58. The molecule has 0 aliphatic heterocycles. The van der Waals surface area contributed by atoms with Crippen molar-refractivity contribution in [2.75, 3.05) is 24.2 Å². The first kappa shape index (κ1) is 13.6. The van der Waals surface area contributed by atoms with Crippen LogP contribution in [0.3, 0.4) is 0 Å². The number of rotatable bonds is 6.